The van der Waals surface area contributed by atoms with E-state index in [0.29, 0.717) is 11.1 Å². The van der Waals surface area contributed by atoms with E-state index in [0.717, 1.165) is 0 Å². The van der Waals surface area contributed by atoms with Crippen molar-refractivity contribution in [3.8, 4) is 6.07 Å². The van der Waals surface area contributed by atoms with E-state index in [1.807, 2.05) is 6.07 Å². The normalized spacial score (nSPS) is 11.2. The summed E-state index contributed by atoms with van der Waals surface area (Å²) in [7, 11) is -3.64. The number of sulfonamides is 1. The molecule has 0 amide bonds. The topological polar surface area (TPSA) is 82.3 Å². The van der Waals surface area contributed by atoms with Crippen LogP contribution in [0.1, 0.15) is 11.1 Å². The predicted octanol–water partition coefficient (Wildman–Crippen LogP) is 1.87. The molecule has 20 heavy (non-hydrogen) atoms. The van der Waals surface area contributed by atoms with Gasteiger partial charge in [-0.2, -0.15) is 18.8 Å². The highest BCUT2D eigenvalue weighted by molar-refractivity contribution is 7.89. The van der Waals surface area contributed by atoms with Gasteiger partial charge in [-0.15, -0.1) is 0 Å². The molecule has 100 valence electrons. The number of nitriles is 1. The third-order valence-corrected chi connectivity index (χ3v) is 3.72. The first-order chi connectivity index (χ1) is 9.62. The quantitative estimate of drug-likeness (QED) is 0.687. The van der Waals surface area contributed by atoms with Gasteiger partial charge in [0.1, 0.15) is 0 Å². The van der Waals surface area contributed by atoms with Crippen LogP contribution in [0.25, 0.3) is 0 Å². The van der Waals surface area contributed by atoms with E-state index < -0.39 is 10.0 Å². The third kappa shape index (κ3) is 3.43. The van der Waals surface area contributed by atoms with Crippen molar-refractivity contribution in [3.63, 3.8) is 0 Å². The van der Waals surface area contributed by atoms with E-state index in [-0.39, 0.29) is 4.90 Å². The predicted molar refractivity (Wildman–Crippen MR) is 75.5 cm³/mol. The fourth-order valence-corrected chi connectivity index (χ4v) is 2.28. The molecule has 0 aliphatic rings. The highest BCUT2D eigenvalue weighted by Crippen LogP contribution is 2.07. The Labute approximate surface area is 117 Å². The van der Waals surface area contributed by atoms with Crippen LogP contribution in [0.2, 0.25) is 0 Å². The first-order valence-corrected chi connectivity index (χ1v) is 7.20. The van der Waals surface area contributed by atoms with Crippen LogP contribution in [-0.2, 0) is 10.0 Å². The zero-order chi connectivity index (χ0) is 14.4. The molecule has 2 aromatic rings. The zero-order valence-electron chi connectivity index (χ0n) is 10.4. The molecule has 0 aromatic heterocycles. The van der Waals surface area contributed by atoms with Crippen LogP contribution in [0, 0.1) is 11.3 Å². The second kappa shape index (κ2) is 5.99. The number of nitrogens with one attached hydrogen (secondary N) is 1. The van der Waals surface area contributed by atoms with Crippen molar-refractivity contribution in [2.24, 2.45) is 5.10 Å². The summed E-state index contributed by atoms with van der Waals surface area (Å²) in [4.78, 5) is 2.28. The smallest absolute Gasteiger partial charge is 0.200 e. The van der Waals surface area contributed by atoms with Gasteiger partial charge >= 0.3 is 0 Å². The Hall–Kier alpha value is -2.65. The summed E-state index contributed by atoms with van der Waals surface area (Å²) in [6, 6.07) is 16.6. The maximum atomic E-state index is 11.9. The van der Waals surface area contributed by atoms with Gasteiger partial charge in [-0.1, -0.05) is 30.3 Å². The molecule has 6 heteroatoms. The largest absolute Gasteiger partial charge is 0.276 e. The Kier molecular flexibility index (Phi) is 4.13. The van der Waals surface area contributed by atoms with E-state index in [4.69, 9.17) is 5.26 Å². The van der Waals surface area contributed by atoms with Crippen molar-refractivity contribution in [2.75, 3.05) is 0 Å². The monoisotopic (exact) mass is 285 g/mol. The fraction of sp³-hybridized carbons (Fsp3) is 0. The van der Waals surface area contributed by atoms with Crippen LogP contribution in [0.15, 0.2) is 64.6 Å². The lowest BCUT2D eigenvalue weighted by molar-refractivity contribution is 0.584. The molecule has 0 saturated heterocycles. The van der Waals surface area contributed by atoms with Crippen molar-refractivity contribution < 1.29 is 8.42 Å². The standard InChI is InChI=1S/C14H11N3O2S/c15-10-12-6-8-13(9-7-12)11-16-17-20(18,19)14-4-2-1-3-5-14/h1-9,11,17H/b16-11+. The summed E-state index contributed by atoms with van der Waals surface area (Å²) in [5.41, 5.74) is 1.23. The average molecular weight is 285 g/mol. The van der Waals surface area contributed by atoms with Crippen LogP contribution in [-0.4, -0.2) is 14.6 Å². The first-order valence-electron chi connectivity index (χ1n) is 5.72. The van der Waals surface area contributed by atoms with Crippen molar-refractivity contribution >= 4 is 16.2 Å². The lowest BCUT2D eigenvalue weighted by atomic mass is 10.2. The molecule has 0 radical (unpaired) electrons. The lowest BCUT2D eigenvalue weighted by Gasteiger charge is -2.02. The number of nitrogens with zero attached hydrogens (tertiary/aromatic N) is 2. The molecule has 5 nitrogen and oxygen atoms in total. The van der Waals surface area contributed by atoms with Crippen LogP contribution in [0.4, 0.5) is 0 Å². The van der Waals surface area contributed by atoms with Crippen LogP contribution < -0.4 is 4.83 Å². The Bertz CT molecular complexity index is 745. The molecular weight excluding hydrogens is 274 g/mol. The highest BCUT2D eigenvalue weighted by Gasteiger charge is 2.10. The Balaban J connectivity index is 2.08. The second-order valence-corrected chi connectivity index (χ2v) is 5.56. The molecule has 2 aromatic carbocycles. The molecule has 0 bridgehead atoms. The molecule has 0 unspecified atom stereocenters. The summed E-state index contributed by atoms with van der Waals surface area (Å²) in [6.45, 7) is 0. The maximum absolute atomic E-state index is 11.9. The number of hydrogen-bond acceptors (Lipinski definition) is 4. The molecule has 0 aliphatic carbocycles. The summed E-state index contributed by atoms with van der Waals surface area (Å²) < 4.78 is 23.7. The molecule has 0 spiro atoms. The van der Waals surface area contributed by atoms with Gasteiger partial charge in [0.25, 0.3) is 10.0 Å². The summed E-state index contributed by atoms with van der Waals surface area (Å²) in [5.74, 6) is 0. The second-order valence-electron chi connectivity index (χ2n) is 3.90. The van der Waals surface area contributed by atoms with Gasteiger partial charge in [0, 0.05) is 0 Å². The van der Waals surface area contributed by atoms with E-state index in [2.05, 4.69) is 9.93 Å². The maximum Gasteiger partial charge on any atom is 0.276 e. The van der Waals surface area contributed by atoms with Gasteiger partial charge in [-0.25, -0.2) is 4.83 Å². The van der Waals surface area contributed by atoms with Crippen molar-refractivity contribution in [3.05, 3.63) is 65.7 Å². The van der Waals surface area contributed by atoms with E-state index in [1.54, 1.807) is 42.5 Å². The van der Waals surface area contributed by atoms with E-state index in [9.17, 15) is 8.42 Å². The van der Waals surface area contributed by atoms with Crippen LogP contribution >= 0.6 is 0 Å². The number of hydrogen-bond donors (Lipinski definition) is 1. The average Bonchev–Trinajstić information content (AvgIpc) is 2.49. The van der Waals surface area contributed by atoms with Crippen molar-refractivity contribution in [1.29, 1.82) is 5.26 Å². The van der Waals surface area contributed by atoms with E-state index >= 15 is 0 Å². The van der Waals surface area contributed by atoms with Crippen LogP contribution in [0.3, 0.4) is 0 Å². The van der Waals surface area contributed by atoms with Gasteiger partial charge in [0.2, 0.25) is 0 Å². The van der Waals surface area contributed by atoms with Crippen molar-refractivity contribution in [1.82, 2.24) is 4.83 Å². The van der Waals surface area contributed by atoms with Gasteiger partial charge in [-0.05, 0) is 29.8 Å². The Morgan fingerprint density at radius 3 is 2.30 bits per heavy atom. The van der Waals surface area contributed by atoms with Crippen molar-refractivity contribution in [2.45, 2.75) is 4.90 Å². The number of rotatable bonds is 4. The van der Waals surface area contributed by atoms with Gasteiger partial charge < -0.3 is 0 Å². The molecule has 0 atom stereocenters. The summed E-state index contributed by atoms with van der Waals surface area (Å²) >= 11 is 0. The third-order valence-electron chi connectivity index (χ3n) is 2.48. The minimum Gasteiger partial charge on any atom is -0.200 e. The molecular formula is C14H11N3O2S. The minimum absolute atomic E-state index is 0.150. The molecule has 1 N–H and O–H groups in total. The van der Waals surface area contributed by atoms with Gasteiger partial charge in [0.05, 0.1) is 22.7 Å². The summed E-state index contributed by atoms with van der Waals surface area (Å²) in [6.07, 6.45) is 1.38. The first kappa shape index (κ1) is 13.8. The SMILES string of the molecule is N#Cc1ccc(/C=N/NS(=O)(=O)c2ccccc2)cc1. The molecule has 2 rings (SSSR count). The van der Waals surface area contributed by atoms with Crippen LogP contribution in [0.5, 0.6) is 0 Å². The zero-order valence-corrected chi connectivity index (χ0v) is 11.2. The number of hydrazone groups is 1. The van der Waals surface area contributed by atoms with Gasteiger partial charge in [-0.3, -0.25) is 0 Å². The Morgan fingerprint density at radius 1 is 1.05 bits per heavy atom. The molecule has 0 heterocycles. The molecule has 0 fully saturated rings. The fourth-order valence-electron chi connectivity index (χ4n) is 1.47. The highest BCUT2D eigenvalue weighted by atomic mass is 32.2. The molecule has 0 saturated carbocycles. The minimum atomic E-state index is -3.64. The molecule has 0 aliphatic heterocycles. The lowest BCUT2D eigenvalue weighted by Crippen LogP contribution is -2.18. The van der Waals surface area contributed by atoms with E-state index in [1.165, 1.54) is 18.3 Å². The Morgan fingerprint density at radius 2 is 1.70 bits per heavy atom. The van der Waals surface area contributed by atoms with Gasteiger partial charge in [0.15, 0.2) is 0 Å². The summed E-state index contributed by atoms with van der Waals surface area (Å²) in [5, 5.41) is 12.4. The number of benzene rings is 2.